The molecule has 9 heteroatoms. The van der Waals surface area contributed by atoms with Crippen molar-refractivity contribution >= 4 is 39.2 Å². The number of carboxylic acid groups (broad SMARTS) is 1. The van der Waals surface area contributed by atoms with Crippen molar-refractivity contribution in [3.63, 3.8) is 0 Å². The molecule has 1 saturated heterocycles. The second kappa shape index (κ2) is 6.50. The van der Waals surface area contributed by atoms with Gasteiger partial charge in [-0.05, 0) is 25.0 Å². The van der Waals surface area contributed by atoms with E-state index >= 15 is 0 Å². The Balaban J connectivity index is 2.37. The van der Waals surface area contributed by atoms with Crippen LogP contribution in [-0.2, 0) is 14.8 Å². The molecule has 1 heterocycles. The van der Waals surface area contributed by atoms with E-state index in [0.717, 1.165) is 18.6 Å². The molecule has 0 spiro atoms. The Bertz CT molecular complexity index is 656. The van der Waals surface area contributed by atoms with Crippen LogP contribution in [0.25, 0.3) is 0 Å². The van der Waals surface area contributed by atoms with Crippen molar-refractivity contribution in [1.82, 2.24) is 4.72 Å². The highest BCUT2D eigenvalue weighted by Gasteiger charge is 2.27. The number of nitrogens with one attached hydrogen (secondary N) is 1. The van der Waals surface area contributed by atoms with Gasteiger partial charge in [0.2, 0.25) is 10.0 Å². The number of sulfonamides is 1. The number of hydrogen-bond donors (Lipinski definition) is 2. The standard InChI is InChI=1S/C12H13Cl2NO5S/c13-7-4-9(12(16)17)11(14)10(5-7)21(18,19)15-8-2-1-3-20-6-8/h4-5,8,15H,1-3,6H2,(H,16,17). The van der Waals surface area contributed by atoms with Gasteiger partial charge in [-0.15, -0.1) is 0 Å². The fraction of sp³-hybridized carbons (Fsp3) is 0.417. The van der Waals surface area contributed by atoms with Crippen LogP contribution >= 0.6 is 23.2 Å². The summed E-state index contributed by atoms with van der Waals surface area (Å²) in [5.74, 6) is -1.35. The minimum Gasteiger partial charge on any atom is -0.478 e. The van der Waals surface area contributed by atoms with Crippen molar-refractivity contribution in [2.75, 3.05) is 13.2 Å². The number of ether oxygens (including phenoxy) is 1. The van der Waals surface area contributed by atoms with Crippen LogP contribution in [0.4, 0.5) is 0 Å². The van der Waals surface area contributed by atoms with Crippen LogP contribution < -0.4 is 4.72 Å². The molecule has 21 heavy (non-hydrogen) atoms. The predicted molar refractivity (Wildman–Crippen MR) is 77.6 cm³/mol. The Kier molecular flexibility index (Phi) is 5.11. The minimum atomic E-state index is -3.98. The first-order valence-corrected chi connectivity index (χ1v) is 8.37. The normalized spacial score (nSPS) is 19.4. The second-order valence-electron chi connectivity index (χ2n) is 4.61. The van der Waals surface area contributed by atoms with Crippen LogP contribution in [0, 0.1) is 0 Å². The van der Waals surface area contributed by atoms with Crippen LogP contribution in [0.5, 0.6) is 0 Å². The molecule has 0 aliphatic carbocycles. The van der Waals surface area contributed by atoms with Crippen LogP contribution in [0.1, 0.15) is 23.2 Å². The maximum atomic E-state index is 12.3. The van der Waals surface area contributed by atoms with Gasteiger partial charge >= 0.3 is 5.97 Å². The number of halogens is 2. The van der Waals surface area contributed by atoms with Crippen molar-refractivity contribution in [2.24, 2.45) is 0 Å². The molecule has 1 aromatic carbocycles. The van der Waals surface area contributed by atoms with Gasteiger partial charge in [0.05, 0.1) is 17.2 Å². The SMILES string of the molecule is O=C(O)c1cc(Cl)cc(S(=O)(=O)NC2CCCOC2)c1Cl. The minimum absolute atomic E-state index is 0.0166. The predicted octanol–water partition coefficient (Wildman–Crippen LogP) is 2.15. The number of carbonyl (C=O) groups is 1. The lowest BCUT2D eigenvalue weighted by Gasteiger charge is -2.23. The summed E-state index contributed by atoms with van der Waals surface area (Å²) in [5, 5.41) is 8.64. The molecule has 1 aliphatic rings. The molecule has 1 unspecified atom stereocenters. The second-order valence-corrected chi connectivity index (χ2v) is 7.10. The Morgan fingerprint density at radius 3 is 2.67 bits per heavy atom. The lowest BCUT2D eigenvalue weighted by atomic mass is 10.1. The summed E-state index contributed by atoms with van der Waals surface area (Å²) >= 11 is 11.7. The van der Waals surface area contributed by atoms with E-state index in [2.05, 4.69) is 4.72 Å². The highest BCUT2D eigenvalue weighted by molar-refractivity contribution is 7.89. The Morgan fingerprint density at radius 1 is 1.38 bits per heavy atom. The summed E-state index contributed by atoms with van der Waals surface area (Å²) in [6, 6.07) is 1.86. The summed E-state index contributed by atoms with van der Waals surface area (Å²) in [5.41, 5.74) is -0.357. The van der Waals surface area contributed by atoms with E-state index in [-0.39, 0.29) is 33.2 Å². The van der Waals surface area contributed by atoms with Crippen molar-refractivity contribution < 1.29 is 23.1 Å². The van der Waals surface area contributed by atoms with Crippen molar-refractivity contribution in [3.8, 4) is 0 Å². The van der Waals surface area contributed by atoms with Gasteiger partial charge in [0.15, 0.2) is 0 Å². The van der Waals surface area contributed by atoms with Gasteiger partial charge in [-0.1, -0.05) is 23.2 Å². The molecule has 1 atom stereocenters. The maximum Gasteiger partial charge on any atom is 0.337 e. The Morgan fingerprint density at radius 2 is 2.10 bits per heavy atom. The molecule has 2 rings (SSSR count). The van der Waals surface area contributed by atoms with Gasteiger partial charge in [0.1, 0.15) is 4.90 Å². The van der Waals surface area contributed by atoms with Crippen molar-refractivity contribution in [1.29, 1.82) is 0 Å². The first kappa shape index (κ1) is 16.5. The molecule has 1 aliphatic heterocycles. The highest BCUT2D eigenvalue weighted by Crippen LogP contribution is 2.30. The zero-order valence-electron chi connectivity index (χ0n) is 10.8. The number of aromatic carboxylic acids is 1. The fourth-order valence-electron chi connectivity index (χ4n) is 2.03. The van der Waals surface area contributed by atoms with Gasteiger partial charge in [0.25, 0.3) is 0 Å². The van der Waals surface area contributed by atoms with Crippen LogP contribution in [-0.4, -0.2) is 38.7 Å². The summed E-state index contributed by atoms with van der Waals surface area (Å²) in [6.45, 7) is 0.864. The molecule has 1 fully saturated rings. The Hall–Kier alpha value is -0.860. The van der Waals surface area contributed by atoms with Gasteiger partial charge in [-0.2, -0.15) is 0 Å². The summed E-state index contributed by atoms with van der Waals surface area (Å²) in [4.78, 5) is 10.7. The van der Waals surface area contributed by atoms with E-state index in [1.54, 1.807) is 0 Å². The van der Waals surface area contributed by atoms with Gasteiger partial charge < -0.3 is 9.84 Å². The third-order valence-electron chi connectivity index (χ3n) is 3.01. The van der Waals surface area contributed by atoms with Gasteiger partial charge in [-0.3, -0.25) is 0 Å². The monoisotopic (exact) mass is 353 g/mol. The molecule has 116 valence electrons. The Labute approximate surface area is 132 Å². The zero-order chi connectivity index (χ0) is 15.6. The van der Waals surface area contributed by atoms with Crippen LogP contribution in [0.15, 0.2) is 17.0 Å². The lowest BCUT2D eigenvalue weighted by Crippen LogP contribution is -2.40. The third-order valence-corrected chi connectivity index (χ3v) is 5.29. The number of carboxylic acids is 1. The fourth-order valence-corrected chi connectivity index (χ4v) is 4.19. The lowest BCUT2D eigenvalue weighted by molar-refractivity contribution is 0.0696. The number of rotatable bonds is 4. The summed E-state index contributed by atoms with van der Waals surface area (Å²) in [7, 11) is -3.98. The molecule has 1 aromatic rings. The molecule has 6 nitrogen and oxygen atoms in total. The molecule has 0 aromatic heterocycles. The van der Waals surface area contributed by atoms with E-state index in [0.29, 0.717) is 13.0 Å². The quantitative estimate of drug-likeness (QED) is 0.864. The average Bonchev–Trinajstić information content (AvgIpc) is 2.41. The third kappa shape index (κ3) is 3.87. The maximum absolute atomic E-state index is 12.3. The van der Waals surface area contributed by atoms with Crippen LogP contribution in [0.3, 0.4) is 0 Å². The first-order valence-electron chi connectivity index (χ1n) is 6.13. The molecular formula is C12H13Cl2NO5S. The molecule has 0 radical (unpaired) electrons. The average molecular weight is 354 g/mol. The van der Waals surface area contributed by atoms with E-state index in [9.17, 15) is 13.2 Å². The van der Waals surface area contributed by atoms with E-state index in [4.69, 9.17) is 33.0 Å². The largest absolute Gasteiger partial charge is 0.478 e. The van der Waals surface area contributed by atoms with E-state index in [1.165, 1.54) is 0 Å². The van der Waals surface area contributed by atoms with E-state index in [1.807, 2.05) is 0 Å². The molecule has 0 bridgehead atoms. The van der Waals surface area contributed by atoms with Crippen molar-refractivity contribution in [2.45, 2.75) is 23.8 Å². The van der Waals surface area contributed by atoms with Gasteiger partial charge in [0, 0.05) is 17.7 Å². The molecule has 2 N–H and O–H groups in total. The number of hydrogen-bond acceptors (Lipinski definition) is 4. The first-order chi connectivity index (χ1) is 9.81. The van der Waals surface area contributed by atoms with Crippen molar-refractivity contribution in [3.05, 3.63) is 27.7 Å². The zero-order valence-corrected chi connectivity index (χ0v) is 13.1. The summed E-state index contributed by atoms with van der Waals surface area (Å²) in [6.07, 6.45) is 1.39. The van der Waals surface area contributed by atoms with Gasteiger partial charge in [-0.25, -0.2) is 17.9 Å². The highest BCUT2D eigenvalue weighted by atomic mass is 35.5. The molecule has 0 saturated carbocycles. The molecule has 0 amide bonds. The summed E-state index contributed by atoms with van der Waals surface area (Å²) < 4.78 is 32.3. The molecular weight excluding hydrogens is 341 g/mol. The smallest absolute Gasteiger partial charge is 0.337 e. The van der Waals surface area contributed by atoms with E-state index < -0.39 is 16.0 Å². The van der Waals surface area contributed by atoms with Crippen LogP contribution in [0.2, 0.25) is 10.0 Å². The number of benzene rings is 1. The topological polar surface area (TPSA) is 92.7 Å².